The van der Waals surface area contributed by atoms with E-state index in [0.29, 0.717) is 11.6 Å². The van der Waals surface area contributed by atoms with E-state index in [1.807, 2.05) is 42.5 Å². The van der Waals surface area contributed by atoms with E-state index in [2.05, 4.69) is 23.1 Å². The van der Waals surface area contributed by atoms with Crippen molar-refractivity contribution in [2.45, 2.75) is 12.8 Å². The molecule has 1 unspecified atom stereocenters. The number of hydrogen-bond donors (Lipinski definition) is 0. The molecule has 0 spiro atoms. The van der Waals surface area contributed by atoms with Gasteiger partial charge in [-0.2, -0.15) is 0 Å². The molecule has 26 heavy (non-hydrogen) atoms. The molecule has 0 radical (unpaired) electrons. The quantitative estimate of drug-likeness (QED) is 0.523. The SMILES string of the molecule is Fc1ccc2c(c1)COC1c3ccccc3C=C(c3ccc(Cl)cc3)N21. The summed E-state index contributed by atoms with van der Waals surface area (Å²) in [4.78, 5) is 2.14. The zero-order chi connectivity index (χ0) is 17.7. The fourth-order valence-corrected chi connectivity index (χ4v) is 3.81. The van der Waals surface area contributed by atoms with Crippen LogP contribution < -0.4 is 4.90 Å². The first kappa shape index (κ1) is 15.6. The maximum Gasteiger partial charge on any atom is 0.161 e. The molecule has 2 heterocycles. The Morgan fingerprint density at radius 1 is 1.00 bits per heavy atom. The third-order valence-corrected chi connectivity index (χ3v) is 5.14. The number of benzene rings is 3. The lowest BCUT2D eigenvalue weighted by molar-refractivity contribution is 0.0342. The molecule has 1 atom stereocenters. The van der Waals surface area contributed by atoms with Crippen LogP contribution in [0.4, 0.5) is 10.1 Å². The van der Waals surface area contributed by atoms with Crippen LogP contribution >= 0.6 is 11.6 Å². The van der Waals surface area contributed by atoms with Gasteiger partial charge in [-0.1, -0.05) is 48.0 Å². The minimum absolute atomic E-state index is 0.236. The third kappa shape index (κ3) is 2.44. The molecule has 5 rings (SSSR count). The fourth-order valence-electron chi connectivity index (χ4n) is 3.69. The van der Waals surface area contributed by atoms with Crippen molar-refractivity contribution in [2.75, 3.05) is 4.90 Å². The zero-order valence-corrected chi connectivity index (χ0v) is 14.6. The molecule has 0 aliphatic carbocycles. The monoisotopic (exact) mass is 363 g/mol. The number of hydrogen-bond acceptors (Lipinski definition) is 2. The first-order valence-corrected chi connectivity index (χ1v) is 8.84. The Hall–Kier alpha value is -2.62. The predicted octanol–water partition coefficient (Wildman–Crippen LogP) is 6.03. The normalized spacial score (nSPS) is 17.8. The van der Waals surface area contributed by atoms with E-state index < -0.39 is 0 Å². The van der Waals surface area contributed by atoms with E-state index in [0.717, 1.165) is 33.6 Å². The second-order valence-electron chi connectivity index (χ2n) is 6.47. The van der Waals surface area contributed by atoms with Crippen molar-refractivity contribution in [3.05, 3.63) is 99.8 Å². The molecule has 2 aliphatic heterocycles. The van der Waals surface area contributed by atoms with Gasteiger partial charge in [0.25, 0.3) is 0 Å². The molecule has 128 valence electrons. The van der Waals surface area contributed by atoms with Gasteiger partial charge in [-0.15, -0.1) is 0 Å². The Morgan fingerprint density at radius 2 is 1.81 bits per heavy atom. The Morgan fingerprint density at radius 3 is 2.65 bits per heavy atom. The summed E-state index contributed by atoms with van der Waals surface area (Å²) in [5.41, 5.74) is 6.11. The third-order valence-electron chi connectivity index (χ3n) is 4.89. The van der Waals surface area contributed by atoms with Gasteiger partial charge in [-0.25, -0.2) is 4.39 Å². The second-order valence-corrected chi connectivity index (χ2v) is 6.91. The van der Waals surface area contributed by atoms with Gasteiger partial charge in [0.1, 0.15) is 5.82 Å². The average Bonchev–Trinajstić information content (AvgIpc) is 2.67. The number of anilines is 1. The maximum absolute atomic E-state index is 13.7. The van der Waals surface area contributed by atoms with Crippen LogP contribution in [0.25, 0.3) is 11.8 Å². The van der Waals surface area contributed by atoms with E-state index in [4.69, 9.17) is 16.3 Å². The summed E-state index contributed by atoms with van der Waals surface area (Å²) in [6, 6.07) is 20.8. The van der Waals surface area contributed by atoms with E-state index in [9.17, 15) is 4.39 Å². The molecule has 2 aliphatic rings. The summed E-state index contributed by atoms with van der Waals surface area (Å²) in [5.74, 6) is -0.250. The predicted molar refractivity (Wildman–Crippen MR) is 102 cm³/mol. The number of halogens is 2. The van der Waals surface area contributed by atoms with E-state index in [1.54, 1.807) is 6.07 Å². The Kier molecular flexibility index (Phi) is 3.59. The van der Waals surface area contributed by atoms with E-state index >= 15 is 0 Å². The van der Waals surface area contributed by atoms with Gasteiger partial charge in [0.05, 0.1) is 12.3 Å². The summed E-state index contributed by atoms with van der Waals surface area (Å²) >= 11 is 6.07. The van der Waals surface area contributed by atoms with E-state index in [1.165, 1.54) is 6.07 Å². The lowest BCUT2D eigenvalue weighted by Crippen LogP contribution is -2.36. The first-order valence-electron chi connectivity index (χ1n) is 8.46. The van der Waals surface area contributed by atoms with Crippen molar-refractivity contribution in [1.29, 1.82) is 0 Å². The van der Waals surface area contributed by atoms with Crippen molar-refractivity contribution in [3.8, 4) is 0 Å². The summed E-state index contributed by atoms with van der Waals surface area (Å²) < 4.78 is 19.9. The molecule has 0 amide bonds. The molecule has 0 aromatic heterocycles. The number of nitrogens with zero attached hydrogens (tertiary/aromatic N) is 1. The Bertz CT molecular complexity index is 1030. The second kappa shape index (κ2) is 5.97. The topological polar surface area (TPSA) is 12.5 Å². The summed E-state index contributed by atoms with van der Waals surface area (Å²) in [6.07, 6.45) is 1.91. The van der Waals surface area contributed by atoms with Crippen LogP contribution in [0.15, 0.2) is 66.7 Å². The molecular formula is C22H15ClFNO. The summed E-state index contributed by atoms with van der Waals surface area (Å²) in [5, 5.41) is 0.694. The maximum atomic E-state index is 13.7. The summed E-state index contributed by atoms with van der Waals surface area (Å²) in [7, 11) is 0. The zero-order valence-electron chi connectivity index (χ0n) is 13.8. The van der Waals surface area contributed by atoms with Gasteiger partial charge in [-0.05, 0) is 47.5 Å². The number of fused-ring (bicyclic) bond motifs is 5. The first-order chi connectivity index (χ1) is 12.7. The lowest BCUT2D eigenvalue weighted by atomic mass is 9.94. The molecule has 0 fully saturated rings. The van der Waals surface area contributed by atoms with E-state index in [-0.39, 0.29) is 12.0 Å². The molecule has 4 heteroatoms. The molecule has 2 nitrogen and oxygen atoms in total. The fraction of sp³-hybridized carbons (Fsp3) is 0.0909. The standard InChI is InChI=1S/C22H15ClFNO/c23-17-7-5-14(6-8-17)21-12-15-3-1-2-4-19(15)22-25(21)20-10-9-18(24)11-16(20)13-26-22/h1-12,22H,13H2. The minimum Gasteiger partial charge on any atom is -0.349 e. The van der Waals surface area contributed by atoms with Crippen molar-refractivity contribution in [2.24, 2.45) is 0 Å². The van der Waals surface area contributed by atoms with Crippen molar-refractivity contribution < 1.29 is 9.13 Å². The largest absolute Gasteiger partial charge is 0.349 e. The molecule has 0 bridgehead atoms. The van der Waals surface area contributed by atoms with Crippen LogP contribution in [0.3, 0.4) is 0 Å². The van der Waals surface area contributed by atoms with Gasteiger partial charge < -0.3 is 9.64 Å². The number of rotatable bonds is 1. The van der Waals surface area contributed by atoms with Crippen LogP contribution in [-0.4, -0.2) is 0 Å². The molecule has 0 N–H and O–H groups in total. The van der Waals surface area contributed by atoms with Crippen molar-refractivity contribution in [3.63, 3.8) is 0 Å². The molecule has 0 saturated carbocycles. The Labute approximate surface area is 156 Å². The minimum atomic E-state index is -0.250. The van der Waals surface area contributed by atoms with Gasteiger partial charge in [0, 0.05) is 21.8 Å². The van der Waals surface area contributed by atoms with Crippen molar-refractivity contribution >= 4 is 29.1 Å². The van der Waals surface area contributed by atoms with Gasteiger partial charge in [0.15, 0.2) is 6.23 Å². The highest BCUT2D eigenvalue weighted by atomic mass is 35.5. The Balaban J connectivity index is 1.74. The van der Waals surface area contributed by atoms with Gasteiger partial charge in [-0.3, -0.25) is 0 Å². The van der Waals surface area contributed by atoms with Gasteiger partial charge in [0.2, 0.25) is 0 Å². The average molecular weight is 364 g/mol. The van der Waals surface area contributed by atoms with Gasteiger partial charge >= 0.3 is 0 Å². The van der Waals surface area contributed by atoms with Crippen LogP contribution in [-0.2, 0) is 11.3 Å². The molecular weight excluding hydrogens is 349 g/mol. The van der Waals surface area contributed by atoms with Crippen LogP contribution in [0, 0.1) is 5.82 Å². The highest BCUT2D eigenvalue weighted by Crippen LogP contribution is 2.46. The van der Waals surface area contributed by atoms with Crippen LogP contribution in [0.1, 0.15) is 28.5 Å². The molecule has 0 saturated heterocycles. The molecule has 3 aromatic carbocycles. The van der Waals surface area contributed by atoms with Crippen LogP contribution in [0.5, 0.6) is 0 Å². The number of ether oxygens (including phenoxy) is 1. The highest BCUT2D eigenvalue weighted by Gasteiger charge is 2.35. The molecule has 3 aromatic rings. The van der Waals surface area contributed by atoms with Crippen LogP contribution in [0.2, 0.25) is 5.02 Å². The summed E-state index contributed by atoms with van der Waals surface area (Å²) in [6.45, 7) is 0.385. The smallest absolute Gasteiger partial charge is 0.161 e. The highest BCUT2D eigenvalue weighted by molar-refractivity contribution is 6.30. The lowest BCUT2D eigenvalue weighted by Gasteiger charge is -2.43. The van der Waals surface area contributed by atoms with Crippen molar-refractivity contribution in [1.82, 2.24) is 0 Å².